The van der Waals surface area contributed by atoms with Gasteiger partial charge in [-0.25, -0.2) is 9.18 Å². The number of rotatable bonds is 1. The molecule has 1 aliphatic carbocycles. The highest BCUT2D eigenvalue weighted by Gasteiger charge is 2.47. The molecule has 0 aromatic rings. The van der Waals surface area contributed by atoms with E-state index in [1.807, 2.05) is 0 Å². The van der Waals surface area contributed by atoms with E-state index in [2.05, 4.69) is 0 Å². The van der Waals surface area contributed by atoms with Gasteiger partial charge in [-0.1, -0.05) is 6.92 Å². The van der Waals surface area contributed by atoms with Crippen LogP contribution in [0.3, 0.4) is 0 Å². The number of carboxylic acids is 1. The van der Waals surface area contributed by atoms with Crippen LogP contribution in [0.5, 0.6) is 0 Å². The average molecular weight is 146 g/mol. The second-order valence-corrected chi connectivity index (χ2v) is 2.96. The number of hydrogen-bond donors (Lipinski definition) is 1. The second-order valence-electron chi connectivity index (χ2n) is 2.96. The van der Waals surface area contributed by atoms with Crippen LogP contribution in [0.1, 0.15) is 26.2 Å². The summed E-state index contributed by atoms with van der Waals surface area (Å²) in [4.78, 5) is 10.4. The van der Waals surface area contributed by atoms with Crippen LogP contribution < -0.4 is 0 Å². The van der Waals surface area contributed by atoms with Gasteiger partial charge in [0.2, 0.25) is 5.67 Å². The Morgan fingerprint density at radius 2 is 2.40 bits per heavy atom. The van der Waals surface area contributed by atoms with Crippen molar-refractivity contribution in [3.63, 3.8) is 0 Å². The van der Waals surface area contributed by atoms with E-state index in [0.717, 1.165) is 0 Å². The number of alkyl halides is 1. The fourth-order valence-corrected chi connectivity index (χ4v) is 1.46. The van der Waals surface area contributed by atoms with Crippen molar-refractivity contribution in [2.45, 2.75) is 31.9 Å². The molecule has 0 heterocycles. The molecule has 0 amide bonds. The van der Waals surface area contributed by atoms with Gasteiger partial charge in [-0.05, 0) is 19.3 Å². The van der Waals surface area contributed by atoms with Crippen molar-refractivity contribution in [3.05, 3.63) is 0 Å². The van der Waals surface area contributed by atoms with Crippen LogP contribution in [0.15, 0.2) is 0 Å². The van der Waals surface area contributed by atoms with Crippen molar-refractivity contribution in [1.29, 1.82) is 0 Å². The molecule has 10 heavy (non-hydrogen) atoms. The number of carboxylic acid groups (broad SMARTS) is 1. The Bertz CT molecular complexity index is 158. The highest BCUT2D eigenvalue weighted by molar-refractivity contribution is 5.78. The molecule has 0 aliphatic heterocycles. The number of carbonyl (C=O) groups is 1. The topological polar surface area (TPSA) is 37.3 Å². The van der Waals surface area contributed by atoms with Gasteiger partial charge < -0.3 is 5.11 Å². The van der Waals surface area contributed by atoms with Crippen LogP contribution in [0, 0.1) is 5.92 Å². The Balaban J connectivity index is 2.75. The van der Waals surface area contributed by atoms with Crippen LogP contribution in [0.4, 0.5) is 4.39 Å². The number of halogens is 1. The van der Waals surface area contributed by atoms with Gasteiger partial charge in [0.15, 0.2) is 0 Å². The van der Waals surface area contributed by atoms with Crippen LogP contribution in [0.2, 0.25) is 0 Å². The molecular formula is C7H11FO2. The molecule has 0 aromatic heterocycles. The zero-order valence-corrected chi connectivity index (χ0v) is 5.93. The average Bonchev–Trinajstić information content (AvgIpc) is 2.15. The minimum Gasteiger partial charge on any atom is -0.479 e. The monoisotopic (exact) mass is 146 g/mol. The summed E-state index contributed by atoms with van der Waals surface area (Å²) in [6.45, 7) is 1.65. The van der Waals surface area contributed by atoms with Gasteiger partial charge >= 0.3 is 5.97 Å². The van der Waals surface area contributed by atoms with Crippen molar-refractivity contribution < 1.29 is 14.3 Å². The highest BCUT2D eigenvalue weighted by atomic mass is 19.1. The molecule has 0 bridgehead atoms. The largest absolute Gasteiger partial charge is 0.479 e. The molecule has 1 aliphatic rings. The van der Waals surface area contributed by atoms with Crippen molar-refractivity contribution >= 4 is 5.97 Å². The smallest absolute Gasteiger partial charge is 0.341 e. The fraction of sp³-hybridized carbons (Fsp3) is 0.857. The molecule has 2 atom stereocenters. The van der Waals surface area contributed by atoms with E-state index in [1.165, 1.54) is 0 Å². The van der Waals surface area contributed by atoms with E-state index in [0.29, 0.717) is 12.8 Å². The van der Waals surface area contributed by atoms with Gasteiger partial charge in [0.05, 0.1) is 0 Å². The Kier molecular flexibility index (Phi) is 1.67. The summed E-state index contributed by atoms with van der Waals surface area (Å²) in [5, 5.41) is 8.47. The minimum absolute atomic E-state index is 0.184. The number of hydrogen-bond acceptors (Lipinski definition) is 1. The third-order valence-corrected chi connectivity index (χ3v) is 2.31. The quantitative estimate of drug-likeness (QED) is 0.610. The lowest BCUT2D eigenvalue weighted by Gasteiger charge is -2.18. The summed E-state index contributed by atoms with van der Waals surface area (Å²) < 4.78 is 13.2. The van der Waals surface area contributed by atoms with Crippen LogP contribution in [0.25, 0.3) is 0 Å². The van der Waals surface area contributed by atoms with Crippen molar-refractivity contribution in [2.75, 3.05) is 0 Å². The summed E-state index contributed by atoms with van der Waals surface area (Å²) >= 11 is 0. The molecule has 2 nitrogen and oxygen atoms in total. The zero-order chi connectivity index (χ0) is 7.78. The van der Waals surface area contributed by atoms with Crippen LogP contribution in [-0.4, -0.2) is 16.7 Å². The maximum absolute atomic E-state index is 13.2. The van der Waals surface area contributed by atoms with Gasteiger partial charge in [0, 0.05) is 5.92 Å². The first kappa shape index (κ1) is 7.51. The molecule has 0 saturated heterocycles. The SMILES string of the molecule is CC1CCCC1(F)C(=O)O. The van der Waals surface area contributed by atoms with Gasteiger partial charge in [-0.15, -0.1) is 0 Å². The van der Waals surface area contributed by atoms with Crippen LogP contribution >= 0.6 is 0 Å². The first-order valence-corrected chi connectivity index (χ1v) is 3.49. The molecule has 58 valence electrons. The molecule has 2 unspecified atom stereocenters. The third-order valence-electron chi connectivity index (χ3n) is 2.31. The predicted octanol–water partition coefficient (Wildman–Crippen LogP) is 1.60. The van der Waals surface area contributed by atoms with Gasteiger partial charge in [0.25, 0.3) is 0 Å². The molecule has 1 fully saturated rings. The van der Waals surface area contributed by atoms with Gasteiger partial charge in [0.1, 0.15) is 0 Å². The summed E-state index contributed by atoms with van der Waals surface area (Å²) in [6.07, 6.45) is 1.58. The molecule has 0 radical (unpaired) electrons. The van der Waals surface area contributed by atoms with Gasteiger partial charge in [-0.3, -0.25) is 0 Å². The lowest BCUT2D eigenvalue weighted by molar-refractivity contribution is -0.153. The molecule has 0 spiro atoms. The molecule has 0 aromatic carbocycles. The van der Waals surface area contributed by atoms with E-state index < -0.39 is 11.6 Å². The first-order chi connectivity index (χ1) is 4.57. The van der Waals surface area contributed by atoms with E-state index >= 15 is 0 Å². The Morgan fingerprint density at radius 3 is 2.60 bits per heavy atom. The Labute approximate surface area is 59.0 Å². The maximum atomic E-state index is 13.2. The molecule has 3 heteroatoms. The third kappa shape index (κ3) is 0.895. The zero-order valence-electron chi connectivity index (χ0n) is 5.93. The van der Waals surface area contributed by atoms with E-state index in [-0.39, 0.29) is 12.3 Å². The van der Waals surface area contributed by atoms with Crippen molar-refractivity contribution in [1.82, 2.24) is 0 Å². The standard InChI is InChI=1S/C7H11FO2/c1-5-3-2-4-7(5,8)6(9)10/h5H,2-4H2,1H3,(H,9,10). The summed E-state index contributed by atoms with van der Waals surface area (Å²) in [7, 11) is 0. The van der Waals surface area contributed by atoms with Crippen molar-refractivity contribution in [3.8, 4) is 0 Å². The minimum atomic E-state index is -1.93. The van der Waals surface area contributed by atoms with E-state index in [9.17, 15) is 9.18 Å². The van der Waals surface area contributed by atoms with E-state index in [1.54, 1.807) is 6.92 Å². The van der Waals surface area contributed by atoms with E-state index in [4.69, 9.17) is 5.11 Å². The molecule has 1 N–H and O–H groups in total. The summed E-state index contributed by atoms with van der Waals surface area (Å²) in [5.74, 6) is -1.61. The number of aliphatic carboxylic acids is 1. The van der Waals surface area contributed by atoms with Crippen molar-refractivity contribution in [2.24, 2.45) is 5.92 Å². The maximum Gasteiger partial charge on any atom is 0.341 e. The normalized spacial score (nSPS) is 40.0. The molecule has 1 rings (SSSR count). The fourth-order valence-electron chi connectivity index (χ4n) is 1.46. The van der Waals surface area contributed by atoms with Crippen LogP contribution in [-0.2, 0) is 4.79 Å². The lowest BCUT2D eigenvalue weighted by Crippen LogP contribution is -2.35. The summed E-state index contributed by atoms with van der Waals surface area (Å²) in [6, 6.07) is 0. The Morgan fingerprint density at radius 1 is 1.80 bits per heavy atom. The Hall–Kier alpha value is -0.600. The first-order valence-electron chi connectivity index (χ1n) is 3.49. The summed E-state index contributed by atoms with van der Waals surface area (Å²) in [5.41, 5.74) is -1.93. The lowest BCUT2D eigenvalue weighted by atomic mass is 9.95. The second kappa shape index (κ2) is 2.22. The van der Waals surface area contributed by atoms with Gasteiger partial charge in [-0.2, -0.15) is 0 Å². The molecular weight excluding hydrogens is 135 g/mol. The predicted molar refractivity (Wildman–Crippen MR) is 34.5 cm³/mol. The highest BCUT2D eigenvalue weighted by Crippen LogP contribution is 2.38. The molecule has 1 saturated carbocycles.